The van der Waals surface area contributed by atoms with Crippen LogP contribution in [-0.2, 0) is 11.2 Å². The quantitative estimate of drug-likeness (QED) is 0.514. The third kappa shape index (κ3) is 7.14. The minimum Gasteiger partial charge on any atom is -0.497 e. The zero-order valence-corrected chi connectivity index (χ0v) is 12.8. The molecule has 0 fully saturated rings. The maximum absolute atomic E-state index is 11.9. The highest BCUT2D eigenvalue weighted by Gasteiger charge is 2.27. The van der Waals surface area contributed by atoms with Crippen molar-refractivity contribution in [1.29, 1.82) is 0 Å². The zero-order valence-electron chi connectivity index (χ0n) is 11.3. The van der Waals surface area contributed by atoms with E-state index in [1.807, 2.05) is 24.3 Å². The van der Waals surface area contributed by atoms with Crippen LogP contribution in [0.25, 0.3) is 0 Å². The van der Waals surface area contributed by atoms with Crippen molar-refractivity contribution < 1.29 is 22.6 Å². The fraction of sp³-hybridized carbons (Fsp3) is 0.571. The molecule has 1 unspecified atom stereocenters. The van der Waals surface area contributed by atoms with Crippen molar-refractivity contribution in [2.75, 3.05) is 25.7 Å². The van der Waals surface area contributed by atoms with Crippen molar-refractivity contribution >= 4 is 15.9 Å². The molecule has 0 aliphatic heterocycles. The standard InChI is InChI=1S/C14H18BrF3O2/c1-19-13-4-2-3-11(8-13)7-12(9-15)5-6-20-10-14(16,17)18/h2-4,8,12H,5-7,9-10H2,1H3. The van der Waals surface area contributed by atoms with Crippen molar-refractivity contribution in [2.24, 2.45) is 5.92 Å². The third-order valence-corrected chi connectivity index (χ3v) is 3.73. The molecule has 0 aliphatic carbocycles. The van der Waals surface area contributed by atoms with Crippen molar-refractivity contribution in [3.63, 3.8) is 0 Å². The van der Waals surface area contributed by atoms with E-state index in [0.29, 0.717) is 6.42 Å². The number of halogens is 4. The summed E-state index contributed by atoms with van der Waals surface area (Å²) in [6.45, 7) is -1.07. The molecule has 1 aromatic carbocycles. The number of methoxy groups -OCH3 is 1. The average molecular weight is 355 g/mol. The lowest BCUT2D eigenvalue weighted by molar-refractivity contribution is -0.174. The first-order chi connectivity index (χ1) is 9.44. The van der Waals surface area contributed by atoms with Gasteiger partial charge in [0.05, 0.1) is 7.11 Å². The minimum atomic E-state index is -4.25. The van der Waals surface area contributed by atoms with Crippen molar-refractivity contribution in [2.45, 2.75) is 19.0 Å². The van der Waals surface area contributed by atoms with Crippen LogP contribution in [0.3, 0.4) is 0 Å². The lowest BCUT2D eigenvalue weighted by atomic mass is 9.98. The van der Waals surface area contributed by atoms with Gasteiger partial charge < -0.3 is 9.47 Å². The first-order valence-corrected chi connectivity index (χ1v) is 7.40. The molecule has 0 aromatic heterocycles. The SMILES string of the molecule is COc1cccc(CC(CBr)CCOCC(F)(F)F)c1. The number of rotatable bonds is 8. The maximum atomic E-state index is 11.9. The van der Waals surface area contributed by atoms with Crippen molar-refractivity contribution in [3.05, 3.63) is 29.8 Å². The van der Waals surface area contributed by atoms with Gasteiger partial charge in [-0.15, -0.1) is 0 Å². The molecule has 1 aromatic rings. The van der Waals surface area contributed by atoms with E-state index in [4.69, 9.17) is 4.74 Å². The van der Waals surface area contributed by atoms with E-state index in [1.165, 1.54) is 0 Å². The molecule has 0 saturated heterocycles. The van der Waals surface area contributed by atoms with Crippen LogP contribution in [-0.4, -0.2) is 31.8 Å². The fourth-order valence-electron chi connectivity index (χ4n) is 1.80. The Morgan fingerprint density at radius 2 is 2.05 bits per heavy atom. The minimum absolute atomic E-state index is 0.111. The van der Waals surface area contributed by atoms with Crippen LogP contribution >= 0.6 is 15.9 Å². The third-order valence-electron chi connectivity index (χ3n) is 2.81. The van der Waals surface area contributed by atoms with Gasteiger partial charge in [-0.3, -0.25) is 0 Å². The highest BCUT2D eigenvalue weighted by Crippen LogP contribution is 2.20. The van der Waals surface area contributed by atoms with Gasteiger partial charge in [0.15, 0.2) is 0 Å². The molecular formula is C14H18BrF3O2. The van der Waals surface area contributed by atoms with Gasteiger partial charge in [0.1, 0.15) is 12.4 Å². The number of alkyl halides is 4. The molecule has 0 heterocycles. The second-order valence-corrected chi connectivity index (χ2v) is 5.18. The summed E-state index contributed by atoms with van der Waals surface area (Å²) in [7, 11) is 1.60. The predicted octanol–water partition coefficient (Wildman–Crippen LogP) is 4.22. The van der Waals surface area contributed by atoms with Gasteiger partial charge in [-0.2, -0.15) is 13.2 Å². The highest BCUT2D eigenvalue weighted by atomic mass is 79.9. The van der Waals surface area contributed by atoms with Gasteiger partial charge >= 0.3 is 6.18 Å². The van der Waals surface area contributed by atoms with Crippen LogP contribution in [0.4, 0.5) is 13.2 Å². The van der Waals surface area contributed by atoms with Crippen LogP contribution in [0.2, 0.25) is 0 Å². The summed E-state index contributed by atoms with van der Waals surface area (Å²) in [5, 5.41) is 0.722. The van der Waals surface area contributed by atoms with Crippen LogP contribution in [0.5, 0.6) is 5.75 Å². The van der Waals surface area contributed by atoms with E-state index in [0.717, 1.165) is 23.1 Å². The van der Waals surface area contributed by atoms with Crippen LogP contribution in [0, 0.1) is 5.92 Å². The van der Waals surface area contributed by atoms with E-state index < -0.39 is 12.8 Å². The number of hydrogen-bond donors (Lipinski definition) is 0. The second kappa shape index (κ2) is 8.52. The Balaban J connectivity index is 2.38. The molecule has 0 spiro atoms. The first kappa shape index (κ1) is 17.3. The molecule has 1 rings (SSSR count). The summed E-state index contributed by atoms with van der Waals surface area (Å²) in [6, 6.07) is 7.68. The van der Waals surface area contributed by atoms with Gasteiger partial charge in [-0.05, 0) is 36.5 Å². The Bertz CT molecular complexity index is 396. The normalized spacial score (nSPS) is 13.2. The highest BCUT2D eigenvalue weighted by molar-refractivity contribution is 9.09. The molecule has 0 bridgehead atoms. The molecule has 20 heavy (non-hydrogen) atoms. The Labute approximate surface area is 125 Å². The van der Waals surface area contributed by atoms with Crippen LogP contribution < -0.4 is 4.74 Å². The number of benzene rings is 1. The second-order valence-electron chi connectivity index (χ2n) is 4.53. The summed E-state index contributed by atoms with van der Waals surface area (Å²) < 4.78 is 45.6. The molecule has 1 atom stereocenters. The topological polar surface area (TPSA) is 18.5 Å². The smallest absolute Gasteiger partial charge is 0.411 e. The van der Waals surface area contributed by atoms with Crippen molar-refractivity contribution in [1.82, 2.24) is 0 Å². The molecule has 114 valence electrons. The first-order valence-electron chi connectivity index (χ1n) is 6.28. The summed E-state index contributed by atoms with van der Waals surface area (Å²) in [5.41, 5.74) is 1.10. The monoisotopic (exact) mass is 354 g/mol. The average Bonchev–Trinajstić information content (AvgIpc) is 2.41. The summed E-state index contributed by atoms with van der Waals surface area (Å²) in [6.07, 6.45) is -2.90. The zero-order chi connectivity index (χ0) is 15.0. The number of hydrogen-bond acceptors (Lipinski definition) is 2. The molecule has 0 radical (unpaired) electrons. The molecule has 2 nitrogen and oxygen atoms in total. The Morgan fingerprint density at radius 3 is 2.65 bits per heavy atom. The Morgan fingerprint density at radius 1 is 1.30 bits per heavy atom. The largest absolute Gasteiger partial charge is 0.497 e. The predicted molar refractivity (Wildman–Crippen MR) is 75.5 cm³/mol. The summed E-state index contributed by atoms with van der Waals surface area (Å²) in [5.74, 6) is 1.01. The van der Waals surface area contributed by atoms with Gasteiger partial charge in [0.25, 0.3) is 0 Å². The Hall–Kier alpha value is -0.750. The van der Waals surface area contributed by atoms with Gasteiger partial charge in [-0.25, -0.2) is 0 Å². The molecule has 0 aliphatic rings. The van der Waals surface area contributed by atoms with Crippen molar-refractivity contribution in [3.8, 4) is 5.75 Å². The summed E-state index contributed by atoms with van der Waals surface area (Å²) in [4.78, 5) is 0. The van der Waals surface area contributed by atoms with Crippen LogP contribution in [0.1, 0.15) is 12.0 Å². The molecule has 6 heteroatoms. The lowest BCUT2D eigenvalue weighted by Gasteiger charge is -2.15. The maximum Gasteiger partial charge on any atom is 0.411 e. The van der Waals surface area contributed by atoms with E-state index in [2.05, 4.69) is 20.7 Å². The molecule has 0 saturated carbocycles. The molecule has 0 amide bonds. The fourth-order valence-corrected chi connectivity index (χ4v) is 2.36. The van der Waals surface area contributed by atoms with Gasteiger partial charge in [0, 0.05) is 11.9 Å². The molecular weight excluding hydrogens is 337 g/mol. The van der Waals surface area contributed by atoms with E-state index in [1.54, 1.807) is 7.11 Å². The molecule has 0 N–H and O–H groups in total. The van der Waals surface area contributed by atoms with Gasteiger partial charge in [-0.1, -0.05) is 28.1 Å². The van der Waals surface area contributed by atoms with E-state index >= 15 is 0 Å². The van der Waals surface area contributed by atoms with Crippen LogP contribution in [0.15, 0.2) is 24.3 Å². The number of ether oxygens (including phenoxy) is 2. The Kier molecular flexibility index (Phi) is 7.37. The lowest BCUT2D eigenvalue weighted by Crippen LogP contribution is -2.19. The van der Waals surface area contributed by atoms with Gasteiger partial charge in [0.2, 0.25) is 0 Å². The van der Waals surface area contributed by atoms with E-state index in [-0.39, 0.29) is 12.5 Å². The summed E-state index contributed by atoms with van der Waals surface area (Å²) >= 11 is 3.39. The van der Waals surface area contributed by atoms with E-state index in [9.17, 15) is 13.2 Å².